The van der Waals surface area contributed by atoms with Gasteiger partial charge in [0.1, 0.15) is 6.61 Å². The highest BCUT2D eigenvalue weighted by Gasteiger charge is 2.05. The Morgan fingerprint density at radius 2 is 1.85 bits per heavy atom. The first kappa shape index (κ1) is 13.9. The van der Waals surface area contributed by atoms with E-state index in [0.29, 0.717) is 18.1 Å². The van der Waals surface area contributed by atoms with Crippen molar-refractivity contribution < 1.29 is 14.7 Å². The number of rotatable bonds is 5. The van der Waals surface area contributed by atoms with Gasteiger partial charge in [-0.2, -0.15) is 0 Å². The Bertz CT molecular complexity index is 591. The van der Waals surface area contributed by atoms with Crippen LogP contribution in [-0.2, 0) is 6.61 Å². The molecule has 2 rings (SSSR count). The second-order valence-electron chi connectivity index (χ2n) is 4.43. The fraction of sp³-hybridized carbons (Fsp3) is 0.188. The summed E-state index contributed by atoms with van der Waals surface area (Å²) in [5.41, 5.74) is 3.04. The maximum Gasteiger partial charge on any atom is 0.162 e. The van der Waals surface area contributed by atoms with Crippen molar-refractivity contribution in [3.63, 3.8) is 0 Å². The summed E-state index contributed by atoms with van der Waals surface area (Å²) in [6.07, 6.45) is 1.35. The van der Waals surface area contributed by atoms with Crippen molar-refractivity contribution in [1.82, 2.24) is 0 Å². The van der Waals surface area contributed by atoms with Crippen LogP contribution < -0.4 is 9.47 Å². The average molecular weight is 271 g/mol. The van der Waals surface area contributed by atoms with Crippen LogP contribution in [-0.4, -0.2) is 18.5 Å². The molecule has 0 saturated carbocycles. The van der Waals surface area contributed by atoms with Crippen LogP contribution in [0.25, 0.3) is 0 Å². The molecule has 0 aromatic heterocycles. The van der Waals surface area contributed by atoms with E-state index in [1.54, 1.807) is 25.3 Å². The minimum Gasteiger partial charge on any atom is -0.493 e. The molecule has 0 spiro atoms. The molecule has 4 nitrogen and oxygen atoms in total. The molecule has 0 saturated heterocycles. The van der Waals surface area contributed by atoms with E-state index >= 15 is 0 Å². The molecule has 0 heterocycles. The van der Waals surface area contributed by atoms with Crippen LogP contribution in [0.2, 0.25) is 0 Å². The summed E-state index contributed by atoms with van der Waals surface area (Å²) < 4.78 is 11.0. The molecule has 0 aliphatic heterocycles. The van der Waals surface area contributed by atoms with E-state index in [1.807, 2.05) is 31.2 Å². The quantitative estimate of drug-likeness (QED) is 0.515. The predicted octanol–water partition coefficient (Wildman–Crippen LogP) is 3.39. The lowest BCUT2D eigenvalue weighted by Crippen LogP contribution is -1.98. The van der Waals surface area contributed by atoms with Gasteiger partial charge in [-0.15, -0.1) is 0 Å². The van der Waals surface area contributed by atoms with E-state index in [1.165, 1.54) is 11.8 Å². The SMILES string of the molecule is COc1ccc(/C=N\O)cc1OCc1ccc(C)cc1. The topological polar surface area (TPSA) is 51.0 Å². The molecule has 1 N–H and O–H groups in total. The molecule has 104 valence electrons. The summed E-state index contributed by atoms with van der Waals surface area (Å²) in [5.74, 6) is 1.26. The highest BCUT2D eigenvalue weighted by Crippen LogP contribution is 2.28. The Balaban J connectivity index is 2.14. The van der Waals surface area contributed by atoms with Crippen molar-refractivity contribution in [3.8, 4) is 11.5 Å². The molecule has 0 aliphatic carbocycles. The van der Waals surface area contributed by atoms with Crippen molar-refractivity contribution in [2.24, 2.45) is 5.16 Å². The third-order valence-electron chi connectivity index (χ3n) is 2.91. The van der Waals surface area contributed by atoms with Crippen molar-refractivity contribution in [3.05, 3.63) is 59.2 Å². The molecular formula is C16H17NO3. The number of oxime groups is 1. The molecule has 0 aliphatic rings. The van der Waals surface area contributed by atoms with E-state index in [4.69, 9.17) is 14.7 Å². The van der Waals surface area contributed by atoms with Crippen LogP contribution in [0.5, 0.6) is 11.5 Å². The fourth-order valence-corrected chi connectivity index (χ4v) is 1.80. The zero-order valence-electron chi connectivity index (χ0n) is 11.5. The van der Waals surface area contributed by atoms with Crippen LogP contribution in [0, 0.1) is 6.92 Å². The summed E-state index contributed by atoms with van der Waals surface area (Å²) >= 11 is 0. The van der Waals surface area contributed by atoms with Gasteiger partial charge < -0.3 is 14.7 Å². The molecular weight excluding hydrogens is 254 g/mol. The van der Waals surface area contributed by atoms with E-state index in [2.05, 4.69) is 5.16 Å². The van der Waals surface area contributed by atoms with Gasteiger partial charge in [0.15, 0.2) is 11.5 Å². The lowest BCUT2D eigenvalue weighted by Gasteiger charge is -2.11. The van der Waals surface area contributed by atoms with Crippen LogP contribution >= 0.6 is 0 Å². The maximum absolute atomic E-state index is 8.57. The van der Waals surface area contributed by atoms with Gasteiger partial charge in [0, 0.05) is 5.56 Å². The predicted molar refractivity (Wildman–Crippen MR) is 77.9 cm³/mol. The van der Waals surface area contributed by atoms with E-state index in [-0.39, 0.29) is 0 Å². The number of aryl methyl sites for hydroxylation is 1. The van der Waals surface area contributed by atoms with Gasteiger partial charge in [-0.3, -0.25) is 0 Å². The van der Waals surface area contributed by atoms with Crippen molar-refractivity contribution in [1.29, 1.82) is 0 Å². The van der Waals surface area contributed by atoms with E-state index in [0.717, 1.165) is 11.1 Å². The largest absolute Gasteiger partial charge is 0.493 e. The number of hydrogen-bond acceptors (Lipinski definition) is 4. The third-order valence-corrected chi connectivity index (χ3v) is 2.91. The second-order valence-corrected chi connectivity index (χ2v) is 4.43. The number of hydrogen-bond donors (Lipinski definition) is 1. The minimum absolute atomic E-state index is 0.455. The summed E-state index contributed by atoms with van der Waals surface area (Å²) in [4.78, 5) is 0. The highest BCUT2D eigenvalue weighted by molar-refractivity contribution is 5.80. The molecule has 0 atom stereocenters. The van der Waals surface area contributed by atoms with E-state index < -0.39 is 0 Å². The first-order chi connectivity index (χ1) is 9.72. The Hall–Kier alpha value is -2.49. The van der Waals surface area contributed by atoms with Crippen molar-refractivity contribution >= 4 is 6.21 Å². The summed E-state index contributed by atoms with van der Waals surface area (Å²) in [6.45, 7) is 2.50. The number of ether oxygens (including phenoxy) is 2. The van der Waals surface area contributed by atoms with Gasteiger partial charge in [0.2, 0.25) is 0 Å². The molecule has 2 aromatic carbocycles. The average Bonchev–Trinajstić information content (AvgIpc) is 2.47. The number of methoxy groups -OCH3 is 1. The Morgan fingerprint density at radius 3 is 2.50 bits per heavy atom. The third kappa shape index (κ3) is 3.51. The maximum atomic E-state index is 8.57. The van der Waals surface area contributed by atoms with Gasteiger partial charge in [0.05, 0.1) is 13.3 Å². The van der Waals surface area contributed by atoms with Crippen LogP contribution in [0.3, 0.4) is 0 Å². The first-order valence-corrected chi connectivity index (χ1v) is 6.27. The lowest BCUT2D eigenvalue weighted by atomic mass is 10.1. The molecule has 2 aromatic rings. The number of nitrogens with zero attached hydrogens (tertiary/aromatic N) is 1. The molecule has 0 bridgehead atoms. The van der Waals surface area contributed by atoms with Gasteiger partial charge in [-0.05, 0) is 30.7 Å². The van der Waals surface area contributed by atoms with Crippen LogP contribution in [0.15, 0.2) is 47.6 Å². The number of benzene rings is 2. The molecule has 20 heavy (non-hydrogen) atoms. The zero-order valence-corrected chi connectivity index (χ0v) is 11.5. The van der Waals surface area contributed by atoms with Crippen LogP contribution in [0.4, 0.5) is 0 Å². The zero-order chi connectivity index (χ0) is 14.4. The van der Waals surface area contributed by atoms with Crippen molar-refractivity contribution in [2.45, 2.75) is 13.5 Å². The van der Waals surface area contributed by atoms with E-state index in [9.17, 15) is 0 Å². The van der Waals surface area contributed by atoms with Crippen molar-refractivity contribution in [2.75, 3.05) is 7.11 Å². The molecule has 0 amide bonds. The van der Waals surface area contributed by atoms with Crippen LogP contribution in [0.1, 0.15) is 16.7 Å². The summed E-state index contributed by atoms with van der Waals surface area (Å²) in [5, 5.41) is 11.6. The highest BCUT2D eigenvalue weighted by atomic mass is 16.5. The molecule has 4 heteroatoms. The summed E-state index contributed by atoms with van der Waals surface area (Å²) in [7, 11) is 1.59. The first-order valence-electron chi connectivity index (χ1n) is 6.27. The van der Waals surface area contributed by atoms with Gasteiger partial charge in [-0.25, -0.2) is 0 Å². The summed E-state index contributed by atoms with van der Waals surface area (Å²) in [6, 6.07) is 13.5. The minimum atomic E-state index is 0.455. The smallest absolute Gasteiger partial charge is 0.162 e. The lowest BCUT2D eigenvalue weighted by molar-refractivity contribution is 0.284. The molecule has 0 unspecified atom stereocenters. The second kappa shape index (κ2) is 6.61. The fourth-order valence-electron chi connectivity index (χ4n) is 1.80. The van der Waals surface area contributed by atoms with Gasteiger partial charge in [0.25, 0.3) is 0 Å². The normalized spacial score (nSPS) is 10.7. The van der Waals surface area contributed by atoms with Gasteiger partial charge in [-0.1, -0.05) is 35.0 Å². The molecule has 0 radical (unpaired) electrons. The molecule has 0 fully saturated rings. The van der Waals surface area contributed by atoms with Gasteiger partial charge >= 0.3 is 0 Å². The monoisotopic (exact) mass is 271 g/mol. The Kier molecular flexibility index (Phi) is 4.60. The standard InChI is InChI=1S/C16H17NO3/c1-12-3-5-13(6-4-12)11-20-16-9-14(10-17-18)7-8-15(16)19-2/h3-10,18H,11H2,1-2H3/b17-10-. The Morgan fingerprint density at radius 1 is 1.10 bits per heavy atom. The Labute approximate surface area is 118 Å².